The lowest BCUT2D eigenvalue weighted by molar-refractivity contribution is 0.420. The molecular formula is C65H52N2. The summed E-state index contributed by atoms with van der Waals surface area (Å²) in [5, 5.41) is 0. The van der Waals surface area contributed by atoms with Crippen molar-refractivity contribution in [3.05, 3.63) is 251 Å². The molecule has 0 saturated heterocycles. The summed E-state index contributed by atoms with van der Waals surface area (Å²) in [6.07, 6.45) is 4.38. The van der Waals surface area contributed by atoms with Crippen molar-refractivity contribution in [1.29, 1.82) is 0 Å². The van der Waals surface area contributed by atoms with E-state index in [1.54, 1.807) is 0 Å². The van der Waals surface area contributed by atoms with E-state index in [0.717, 1.165) is 58.8 Å². The number of para-hydroxylation sites is 2. The number of hydrogen-bond acceptors (Lipinski definition) is 2. The van der Waals surface area contributed by atoms with Crippen LogP contribution >= 0.6 is 0 Å². The molecule has 0 aliphatic heterocycles. The Morgan fingerprint density at radius 2 is 0.821 bits per heavy atom. The molecule has 0 radical (unpaired) electrons. The fourth-order valence-electron chi connectivity index (χ4n) is 13.4. The topological polar surface area (TPSA) is 6.48 Å². The van der Waals surface area contributed by atoms with Crippen molar-refractivity contribution in [2.24, 2.45) is 11.8 Å². The van der Waals surface area contributed by atoms with Gasteiger partial charge in [-0.05, 0) is 182 Å². The minimum atomic E-state index is -0.726. The van der Waals surface area contributed by atoms with Crippen LogP contribution in [0.4, 0.5) is 34.1 Å². The summed E-state index contributed by atoms with van der Waals surface area (Å²) in [5.41, 5.74) is 19.5. The third kappa shape index (κ3) is 5.56. The molecule has 2 nitrogen and oxygen atoms in total. The van der Waals surface area contributed by atoms with Crippen LogP contribution in [0, 0.1) is 11.8 Å². The van der Waals surface area contributed by atoms with Crippen LogP contribution in [0.25, 0.3) is 33.4 Å². The lowest BCUT2D eigenvalue weighted by atomic mass is 9.70. The summed E-state index contributed by atoms with van der Waals surface area (Å²) in [7, 11) is 0. The predicted molar refractivity (Wildman–Crippen MR) is 278 cm³/mol. The Morgan fingerprint density at radius 3 is 1.33 bits per heavy atom. The second kappa shape index (κ2) is 14.5. The van der Waals surface area contributed by atoms with Gasteiger partial charge in [0.05, 0.1) is 10.9 Å². The van der Waals surface area contributed by atoms with Crippen LogP contribution in [0.1, 0.15) is 89.9 Å². The molecule has 2 bridgehead atoms. The molecule has 2 heteroatoms. The highest BCUT2D eigenvalue weighted by molar-refractivity contribution is 5.98. The molecule has 0 N–H and O–H groups in total. The van der Waals surface area contributed by atoms with Crippen LogP contribution in [0.15, 0.2) is 212 Å². The average molecular weight is 865 g/mol. The van der Waals surface area contributed by atoms with Gasteiger partial charge in [0.1, 0.15) is 0 Å². The van der Waals surface area contributed by atoms with Crippen molar-refractivity contribution >= 4 is 34.1 Å². The highest BCUT2D eigenvalue weighted by Gasteiger charge is 2.52. The van der Waals surface area contributed by atoms with Gasteiger partial charge in [-0.25, -0.2) is 0 Å². The number of nitrogens with zero attached hydrogens (tertiary/aromatic N) is 2. The molecule has 5 aliphatic carbocycles. The first-order chi connectivity index (χ1) is 34.6. The first-order valence-corrected chi connectivity index (χ1v) is 24.2. The number of hydrogen-bond donors (Lipinski definition) is 0. The Kier molecular flexibility index (Phi) is 7.57. The summed E-state index contributed by atoms with van der Waals surface area (Å²) in [6, 6.07) is 68.1. The second-order valence-electron chi connectivity index (χ2n) is 20.1. The molecule has 0 aromatic heterocycles. The average Bonchev–Trinajstić information content (AvgIpc) is 4.22. The molecule has 9 aromatic rings. The molecule has 14 rings (SSSR count). The summed E-state index contributed by atoms with van der Waals surface area (Å²) in [6.45, 7) is 4.68. The van der Waals surface area contributed by atoms with Gasteiger partial charge in [-0.3, -0.25) is 0 Å². The van der Waals surface area contributed by atoms with E-state index in [4.69, 9.17) is 0 Å². The second-order valence-corrected chi connectivity index (χ2v) is 20.1. The van der Waals surface area contributed by atoms with Crippen LogP contribution < -0.4 is 9.80 Å². The molecule has 2 fully saturated rings. The summed E-state index contributed by atoms with van der Waals surface area (Å²) >= 11 is 0. The number of anilines is 6. The van der Waals surface area contributed by atoms with E-state index < -0.39 is 5.41 Å². The van der Waals surface area contributed by atoms with Gasteiger partial charge in [0.15, 0.2) is 0 Å². The first-order valence-electron chi connectivity index (χ1n) is 26.2. The summed E-state index contributed by atoms with van der Waals surface area (Å²) in [5.74, 6) is 1.11. The minimum absolute atomic E-state index is 0.00662. The van der Waals surface area contributed by atoms with Gasteiger partial charge < -0.3 is 9.80 Å². The van der Waals surface area contributed by atoms with E-state index in [2.05, 4.69) is 176 Å². The normalized spacial score (nSPS) is 21.3. The number of benzene rings is 9. The van der Waals surface area contributed by atoms with Crippen molar-refractivity contribution in [2.45, 2.75) is 56.3 Å². The summed E-state index contributed by atoms with van der Waals surface area (Å²) in [4.78, 5) is 4.39. The Bertz CT molecular complexity index is 3630. The maximum Gasteiger partial charge on any atom is 0.0727 e. The monoisotopic (exact) mass is 864 g/mol. The smallest absolute Gasteiger partial charge is 0.0727 e. The van der Waals surface area contributed by atoms with Crippen molar-refractivity contribution in [3.63, 3.8) is 0 Å². The van der Waals surface area contributed by atoms with Gasteiger partial charge in [-0.2, -0.15) is 0 Å². The Labute approximate surface area is 400 Å². The number of fused-ring (bicyclic) bond motifs is 15. The molecule has 5 aliphatic rings. The molecule has 2 saturated carbocycles. The third-order valence-electron chi connectivity index (χ3n) is 16.4. The quantitative estimate of drug-likeness (QED) is 0.157. The van der Waals surface area contributed by atoms with Gasteiger partial charge in [0, 0.05) is 39.5 Å². The van der Waals surface area contributed by atoms with Gasteiger partial charge in [0.25, 0.3) is 0 Å². The number of rotatable bonds is 7. The SMILES string of the molecule is [2H]c1c([2H])c(N(c2ccccc2)c2ccc3c(c2)C2(c4ccccc4-c4ccc(N(c5ccccc5)c5ccc6c(c5)C(C)(C)c5ccccc5-6)cc42)c2ccccc2-3)c([2H])c([2H])c1C1CC2CCC1C2. The summed E-state index contributed by atoms with van der Waals surface area (Å²) < 4.78 is 38.7. The van der Waals surface area contributed by atoms with E-state index in [0.29, 0.717) is 17.4 Å². The van der Waals surface area contributed by atoms with Crippen LogP contribution in [-0.2, 0) is 10.8 Å². The maximum absolute atomic E-state index is 9.78. The molecule has 1 spiro atoms. The largest absolute Gasteiger partial charge is 0.310 e. The van der Waals surface area contributed by atoms with Crippen molar-refractivity contribution in [1.82, 2.24) is 0 Å². The van der Waals surface area contributed by atoms with Crippen LogP contribution in [0.5, 0.6) is 0 Å². The van der Waals surface area contributed by atoms with Crippen LogP contribution in [-0.4, -0.2) is 0 Å². The zero-order chi connectivity index (χ0) is 47.9. The zero-order valence-corrected chi connectivity index (χ0v) is 37.9. The molecule has 67 heavy (non-hydrogen) atoms. The van der Waals surface area contributed by atoms with E-state index in [1.807, 2.05) is 35.2 Å². The first kappa shape index (κ1) is 34.9. The van der Waals surface area contributed by atoms with Gasteiger partial charge >= 0.3 is 0 Å². The van der Waals surface area contributed by atoms with E-state index in [1.165, 1.54) is 62.1 Å². The molecular weight excluding hydrogens is 809 g/mol. The van der Waals surface area contributed by atoms with Crippen molar-refractivity contribution < 1.29 is 5.48 Å². The molecule has 0 amide bonds. The van der Waals surface area contributed by atoms with Crippen LogP contribution in [0.3, 0.4) is 0 Å². The van der Waals surface area contributed by atoms with Gasteiger partial charge in [-0.15, -0.1) is 0 Å². The Balaban J connectivity index is 0.986. The lowest BCUT2D eigenvalue weighted by Gasteiger charge is -2.33. The van der Waals surface area contributed by atoms with Gasteiger partial charge in [0.2, 0.25) is 0 Å². The lowest BCUT2D eigenvalue weighted by Crippen LogP contribution is -2.26. The fraction of sp³-hybridized carbons (Fsp3) is 0.169. The van der Waals surface area contributed by atoms with Crippen LogP contribution in [0.2, 0.25) is 0 Å². The predicted octanol–water partition coefficient (Wildman–Crippen LogP) is 17.2. The molecule has 322 valence electrons. The highest BCUT2D eigenvalue weighted by atomic mass is 15.1. The maximum atomic E-state index is 9.78. The van der Waals surface area contributed by atoms with E-state index in [-0.39, 0.29) is 41.2 Å². The third-order valence-corrected chi connectivity index (χ3v) is 16.4. The van der Waals surface area contributed by atoms with Crippen molar-refractivity contribution in [2.75, 3.05) is 9.80 Å². The van der Waals surface area contributed by atoms with E-state index >= 15 is 0 Å². The fourth-order valence-corrected chi connectivity index (χ4v) is 13.4. The highest BCUT2D eigenvalue weighted by Crippen LogP contribution is 2.64. The molecule has 4 atom stereocenters. The standard InChI is InChI=1S/C65H52N2/c1-64(2)58-22-12-9-19-51(58)54-34-31-48(39-61(54)64)67(46-17-7-4-8-18-46)50-33-36-56-53-21-11-14-24-60(53)65(63(56)41-50)59-23-13-10-20-52(59)55-35-32-49(40-62(55)65)66(45-15-5-3-6-16-45)47-29-27-43(28-30-47)57-38-42-25-26-44(57)37-42/h3-24,27-36,39-42,44,57H,25-26,37-38H2,1-2H3/i27D,28D,29D,30D. The van der Waals surface area contributed by atoms with Crippen molar-refractivity contribution in [3.8, 4) is 33.4 Å². The Hall–Kier alpha value is -7.42. The molecule has 0 heterocycles. The molecule has 9 aromatic carbocycles. The van der Waals surface area contributed by atoms with Gasteiger partial charge in [-0.1, -0.05) is 160 Å². The molecule has 4 unspecified atom stereocenters. The van der Waals surface area contributed by atoms with E-state index in [9.17, 15) is 5.48 Å². The zero-order valence-electron chi connectivity index (χ0n) is 41.9. The minimum Gasteiger partial charge on any atom is -0.310 e. The Morgan fingerprint density at radius 1 is 0.388 bits per heavy atom.